The summed E-state index contributed by atoms with van der Waals surface area (Å²) in [5, 5.41) is 12.0. The first-order chi connectivity index (χ1) is 8.14. The predicted octanol–water partition coefficient (Wildman–Crippen LogP) is 0.927. The number of nitrogens with one attached hydrogen (secondary N) is 1. The van der Waals surface area contributed by atoms with Crippen LogP contribution in [0, 0.1) is 5.92 Å². The summed E-state index contributed by atoms with van der Waals surface area (Å²) in [4.78, 5) is 23.3. The largest absolute Gasteiger partial charge is 0.480 e. The van der Waals surface area contributed by atoms with E-state index in [4.69, 9.17) is 4.74 Å². The van der Waals surface area contributed by atoms with Gasteiger partial charge in [0, 0.05) is 6.61 Å². The van der Waals surface area contributed by atoms with Crippen LogP contribution in [0.3, 0.4) is 0 Å². The van der Waals surface area contributed by atoms with Gasteiger partial charge in [0.2, 0.25) is 5.91 Å². The van der Waals surface area contributed by atoms with Gasteiger partial charge in [-0.25, -0.2) is 4.79 Å². The van der Waals surface area contributed by atoms with Crippen molar-refractivity contribution in [3.63, 3.8) is 0 Å². The van der Waals surface area contributed by atoms with E-state index in [1.807, 2.05) is 0 Å². The van der Waals surface area contributed by atoms with Crippen LogP contribution in [0.15, 0.2) is 0 Å². The second-order valence-corrected chi connectivity index (χ2v) is 5.00. The maximum Gasteiger partial charge on any atom is 0.329 e. The number of amides is 1. The fraction of sp³-hybridized carbons (Fsp3) is 0.833. The number of hydrogen-bond acceptors (Lipinski definition) is 3. The molecule has 1 saturated heterocycles. The van der Waals surface area contributed by atoms with Gasteiger partial charge in [0.1, 0.15) is 5.54 Å². The van der Waals surface area contributed by atoms with Gasteiger partial charge in [-0.2, -0.15) is 0 Å². The summed E-state index contributed by atoms with van der Waals surface area (Å²) in [5.41, 5.74) is -1.02. The highest BCUT2D eigenvalue weighted by atomic mass is 16.5. The molecule has 1 amide bonds. The van der Waals surface area contributed by atoms with Crippen LogP contribution >= 0.6 is 0 Å². The Morgan fingerprint density at radius 2 is 1.94 bits per heavy atom. The molecule has 2 rings (SSSR count). The summed E-state index contributed by atoms with van der Waals surface area (Å²) in [7, 11) is 0. The van der Waals surface area contributed by atoms with Crippen LogP contribution < -0.4 is 5.32 Å². The Kier molecular flexibility index (Phi) is 3.66. The summed E-state index contributed by atoms with van der Waals surface area (Å²) in [6, 6.07) is 0. The topological polar surface area (TPSA) is 75.6 Å². The Labute approximate surface area is 101 Å². The molecule has 0 aromatic carbocycles. The van der Waals surface area contributed by atoms with Gasteiger partial charge < -0.3 is 15.2 Å². The van der Waals surface area contributed by atoms with Gasteiger partial charge in [0.05, 0.1) is 12.5 Å². The van der Waals surface area contributed by atoms with Crippen LogP contribution in [-0.2, 0) is 14.3 Å². The van der Waals surface area contributed by atoms with E-state index in [-0.39, 0.29) is 11.8 Å². The molecule has 5 nitrogen and oxygen atoms in total. The number of ether oxygens (including phenoxy) is 1. The van der Waals surface area contributed by atoms with Gasteiger partial charge in [-0.3, -0.25) is 4.79 Å². The molecule has 0 aromatic rings. The van der Waals surface area contributed by atoms with Crippen molar-refractivity contribution in [1.29, 1.82) is 0 Å². The van der Waals surface area contributed by atoms with E-state index < -0.39 is 11.5 Å². The summed E-state index contributed by atoms with van der Waals surface area (Å²) in [5.74, 6) is -1.24. The number of hydrogen-bond donors (Lipinski definition) is 2. The highest BCUT2D eigenvalue weighted by molar-refractivity contribution is 5.88. The molecule has 1 aliphatic heterocycles. The fourth-order valence-electron chi connectivity index (χ4n) is 2.66. The fourth-order valence-corrected chi connectivity index (χ4v) is 2.66. The Morgan fingerprint density at radius 1 is 1.24 bits per heavy atom. The number of carbonyl (C=O) groups excluding carboxylic acids is 1. The van der Waals surface area contributed by atoms with Gasteiger partial charge in [-0.1, -0.05) is 12.8 Å². The van der Waals surface area contributed by atoms with E-state index in [0.29, 0.717) is 26.1 Å². The lowest BCUT2D eigenvalue weighted by molar-refractivity contribution is -0.149. The molecule has 96 valence electrons. The third-order valence-corrected chi connectivity index (χ3v) is 3.76. The lowest BCUT2D eigenvalue weighted by Crippen LogP contribution is -2.54. The van der Waals surface area contributed by atoms with Gasteiger partial charge in [-0.15, -0.1) is 0 Å². The molecule has 1 saturated carbocycles. The second kappa shape index (κ2) is 5.04. The molecule has 2 fully saturated rings. The molecule has 0 aromatic heterocycles. The quantitative estimate of drug-likeness (QED) is 0.770. The van der Waals surface area contributed by atoms with Crippen molar-refractivity contribution in [1.82, 2.24) is 5.32 Å². The molecule has 2 aliphatic rings. The minimum Gasteiger partial charge on any atom is -0.480 e. The molecule has 0 radical (unpaired) electrons. The smallest absolute Gasteiger partial charge is 0.329 e. The zero-order chi connectivity index (χ0) is 12.3. The second-order valence-electron chi connectivity index (χ2n) is 5.00. The number of carboxylic acid groups (broad SMARTS) is 1. The first kappa shape index (κ1) is 12.4. The van der Waals surface area contributed by atoms with Crippen molar-refractivity contribution in [3.8, 4) is 0 Å². The Morgan fingerprint density at radius 3 is 2.47 bits per heavy atom. The van der Waals surface area contributed by atoms with Gasteiger partial charge in [0.25, 0.3) is 0 Å². The van der Waals surface area contributed by atoms with E-state index in [9.17, 15) is 14.7 Å². The molecule has 0 unspecified atom stereocenters. The normalized spacial score (nSPS) is 27.6. The van der Waals surface area contributed by atoms with Crippen molar-refractivity contribution in [3.05, 3.63) is 0 Å². The van der Waals surface area contributed by atoms with Crippen LogP contribution in [0.1, 0.15) is 38.5 Å². The first-order valence-corrected chi connectivity index (χ1v) is 6.27. The van der Waals surface area contributed by atoms with Crippen LogP contribution in [0.4, 0.5) is 0 Å². The van der Waals surface area contributed by atoms with Crippen molar-refractivity contribution < 1.29 is 19.4 Å². The van der Waals surface area contributed by atoms with Crippen LogP contribution in [0.25, 0.3) is 0 Å². The van der Waals surface area contributed by atoms with E-state index in [2.05, 4.69) is 5.32 Å². The minimum atomic E-state index is -1.02. The summed E-state index contributed by atoms with van der Waals surface area (Å²) in [6.45, 7) is 1.12. The van der Waals surface area contributed by atoms with E-state index in [0.717, 1.165) is 25.7 Å². The van der Waals surface area contributed by atoms with Gasteiger partial charge in [-0.05, 0) is 25.7 Å². The zero-order valence-corrected chi connectivity index (χ0v) is 9.91. The lowest BCUT2D eigenvalue weighted by atomic mass is 9.94. The van der Waals surface area contributed by atoms with Crippen LogP contribution in [0.5, 0.6) is 0 Å². The molecule has 5 heteroatoms. The van der Waals surface area contributed by atoms with E-state index in [1.165, 1.54) is 0 Å². The maximum absolute atomic E-state index is 12.0. The van der Waals surface area contributed by atoms with Crippen molar-refractivity contribution in [2.75, 3.05) is 13.2 Å². The molecule has 0 spiro atoms. The summed E-state index contributed by atoms with van der Waals surface area (Å²) in [6.07, 6.45) is 4.49. The van der Waals surface area contributed by atoms with E-state index in [1.54, 1.807) is 0 Å². The highest BCUT2D eigenvalue weighted by Gasteiger charge is 2.43. The number of rotatable bonds is 3. The van der Waals surface area contributed by atoms with Crippen LogP contribution in [-0.4, -0.2) is 35.7 Å². The standard InChI is InChI=1S/C12H19NO4/c14-10(9-4-3-7-17-8-9)13-12(11(15)16)5-1-2-6-12/h9H,1-8H2,(H,13,14)(H,15,16)/t9-/m1/s1. The number of aliphatic carboxylic acids is 1. The Bertz CT molecular complexity index is 304. The van der Waals surface area contributed by atoms with Crippen molar-refractivity contribution in [2.24, 2.45) is 5.92 Å². The summed E-state index contributed by atoms with van der Waals surface area (Å²) < 4.78 is 5.25. The monoisotopic (exact) mass is 241 g/mol. The summed E-state index contributed by atoms with van der Waals surface area (Å²) >= 11 is 0. The average molecular weight is 241 g/mol. The Balaban J connectivity index is 1.98. The lowest BCUT2D eigenvalue weighted by Gasteiger charge is -2.29. The molecule has 2 N–H and O–H groups in total. The molecular weight excluding hydrogens is 222 g/mol. The maximum atomic E-state index is 12.0. The number of carbonyl (C=O) groups is 2. The molecule has 17 heavy (non-hydrogen) atoms. The van der Waals surface area contributed by atoms with Crippen molar-refractivity contribution in [2.45, 2.75) is 44.1 Å². The first-order valence-electron chi connectivity index (χ1n) is 6.27. The molecule has 0 bridgehead atoms. The van der Waals surface area contributed by atoms with Gasteiger partial charge >= 0.3 is 5.97 Å². The molecule has 1 atom stereocenters. The minimum absolute atomic E-state index is 0.158. The number of carboxylic acids is 1. The zero-order valence-electron chi connectivity index (χ0n) is 9.91. The molecule has 1 aliphatic carbocycles. The third-order valence-electron chi connectivity index (χ3n) is 3.76. The molecular formula is C12H19NO4. The van der Waals surface area contributed by atoms with Crippen LogP contribution in [0.2, 0.25) is 0 Å². The van der Waals surface area contributed by atoms with Crippen molar-refractivity contribution >= 4 is 11.9 Å². The third kappa shape index (κ3) is 2.60. The molecule has 1 heterocycles. The van der Waals surface area contributed by atoms with Gasteiger partial charge in [0.15, 0.2) is 0 Å². The van der Waals surface area contributed by atoms with E-state index >= 15 is 0 Å². The average Bonchev–Trinajstić information content (AvgIpc) is 2.80. The predicted molar refractivity (Wildman–Crippen MR) is 60.5 cm³/mol. The highest BCUT2D eigenvalue weighted by Crippen LogP contribution is 2.30. The SMILES string of the molecule is O=C(NC1(C(=O)O)CCCC1)[C@@H]1CCCOC1. The Hall–Kier alpha value is -1.10.